The van der Waals surface area contributed by atoms with E-state index >= 15 is 0 Å². The molecule has 0 aromatic heterocycles. The second-order valence-corrected chi connectivity index (χ2v) is 46.4. The number of fused-ring (bicyclic) bond motifs is 3. The number of esters is 1. The zero-order chi connectivity index (χ0) is 104. The Morgan fingerprint density at radius 1 is 0.418 bits per heavy atom. The maximum atomic E-state index is 12.1. The number of hydrogen-bond donors (Lipinski definition) is 2. The fraction of sp³-hybridized carbons (Fsp3) is 0.443. The van der Waals surface area contributed by atoms with Gasteiger partial charge in [-0.1, -0.05) is 303 Å². The minimum Gasteiger partial charge on any atom is -0.744 e. The van der Waals surface area contributed by atoms with Crippen molar-refractivity contribution in [3.05, 3.63) is 359 Å². The number of benzene rings is 12. The molecule has 0 aliphatic heterocycles. The summed E-state index contributed by atoms with van der Waals surface area (Å²) < 4.78 is 75.7. The number of rotatable bonds is 34. The van der Waals surface area contributed by atoms with Crippen LogP contribution in [0.1, 0.15) is 335 Å². The van der Waals surface area contributed by atoms with E-state index in [4.69, 9.17) is 43.4 Å². The van der Waals surface area contributed by atoms with Gasteiger partial charge in [0.1, 0.15) is 44.6 Å². The van der Waals surface area contributed by atoms with E-state index in [0.29, 0.717) is 64.1 Å². The summed E-state index contributed by atoms with van der Waals surface area (Å²) in [4.78, 5) is 15.6. The molecule has 15 heteroatoms. The third kappa shape index (κ3) is 30.8. The molecular formula is C131H164O13S2. The second-order valence-electron chi connectivity index (χ2n) is 43.0. The number of hydrogen-bond acceptors (Lipinski definition) is 13. The molecular weight excluding hydrogens is 1850 g/mol. The lowest BCUT2D eigenvalue weighted by Crippen LogP contribution is -2.68. The van der Waals surface area contributed by atoms with E-state index in [9.17, 15) is 17.8 Å². The Hall–Kier alpha value is -10.8. The Bertz CT molecular complexity index is 5790. The third-order valence-corrected chi connectivity index (χ3v) is 35.4. The molecule has 0 radical (unpaired) electrons. The van der Waals surface area contributed by atoms with Crippen LogP contribution >= 0.6 is 0 Å². The first-order valence-electron chi connectivity index (χ1n) is 54.5. The van der Waals surface area contributed by atoms with Gasteiger partial charge in [-0.25, -0.2) is 13.2 Å². The fourth-order valence-corrected chi connectivity index (χ4v) is 26.1. The maximum Gasteiger partial charge on any atom is 0.344 e. The lowest BCUT2D eigenvalue weighted by Gasteiger charge is -2.75. The monoisotopic (exact) mass is 2010 g/mol. The van der Waals surface area contributed by atoms with Crippen molar-refractivity contribution in [2.45, 2.75) is 325 Å². The smallest absolute Gasteiger partial charge is 0.344 e. The van der Waals surface area contributed by atoms with E-state index in [1.54, 1.807) is 55.7 Å². The summed E-state index contributed by atoms with van der Waals surface area (Å²) in [5.41, 5.74) is 13.4. The molecule has 0 spiro atoms. The van der Waals surface area contributed by atoms with Gasteiger partial charge in [0, 0.05) is 25.9 Å². The van der Waals surface area contributed by atoms with Crippen molar-refractivity contribution in [2.24, 2.45) is 52.8 Å². The second kappa shape index (κ2) is 54.4. The van der Waals surface area contributed by atoms with E-state index < -0.39 is 21.0 Å². The predicted octanol–water partition coefficient (Wildman–Crippen LogP) is 34.4. The summed E-state index contributed by atoms with van der Waals surface area (Å²) in [7, 11) is -2.90. The molecule has 0 saturated heterocycles. The maximum absolute atomic E-state index is 12.1. The summed E-state index contributed by atoms with van der Waals surface area (Å²) in [6.07, 6.45) is 25.3. The van der Waals surface area contributed by atoms with Crippen LogP contribution in [0.2, 0.25) is 0 Å². The van der Waals surface area contributed by atoms with Gasteiger partial charge in [0.15, 0.2) is 27.3 Å². The minimum atomic E-state index is -4.74. The Morgan fingerprint density at radius 2 is 0.774 bits per heavy atom. The largest absolute Gasteiger partial charge is 0.744 e. The van der Waals surface area contributed by atoms with Crippen molar-refractivity contribution in [3.63, 3.8) is 0 Å². The lowest BCUT2D eigenvalue weighted by molar-refractivity contribution is -0.272. The molecule has 21 rings (SSSR count). The quantitative estimate of drug-likeness (QED) is 0.0128. The molecule has 8 fully saturated rings. The molecule has 0 heterocycles. The fourth-order valence-electron chi connectivity index (χ4n) is 23.3. The number of carbonyl (C=O) groups is 1. The van der Waals surface area contributed by atoms with E-state index in [-0.39, 0.29) is 40.9 Å². The average Bonchev–Trinajstić information content (AvgIpc) is 0.692. The van der Waals surface area contributed by atoms with Crippen LogP contribution in [0.4, 0.5) is 0 Å². The number of aromatic hydroxyl groups is 2. The summed E-state index contributed by atoms with van der Waals surface area (Å²) in [5, 5.41) is 18.0. The van der Waals surface area contributed by atoms with Crippen LogP contribution in [-0.4, -0.2) is 67.3 Å². The Balaban J connectivity index is 0.000000147. The van der Waals surface area contributed by atoms with Gasteiger partial charge in [-0.2, -0.15) is 0 Å². The number of phenols is 2. The summed E-state index contributed by atoms with van der Waals surface area (Å²) in [6.45, 7) is 35.2. The molecule has 13 nitrogen and oxygen atoms in total. The summed E-state index contributed by atoms with van der Waals surface area (Å²) in [6, 6.07) is 103. The highest BCUT2D eigenvalue weighted by atomic mass is 32.2. The van der Waals surface area contributed by atoms with Crippen molar-refractivity contribution in [2.75, 3.05) is 13.7 Å². The number of ether oxygens (including phenoxy) is 7. The highest BCUT2D eigenvalue weighted by Gasteiger charge is 2.70. The first-order chi connectivity index (χ1) is 70.4. The summed E-state index contributed by atoms with van der Waals surface area (Å²) in [5.74, 6) is 14.4. The third-order valence-electron chi connectivity index (χ3n) is 32.3. The number of methoxy groups -OCH3 is 1. The first kappa shape index (κ1) is 112. The van der Waals surface area contributed by atoms with E-state index in [1.807, 2.05) is 83.3 Å². The topological polar surface area (TPSA) is 179 Å². The molecule has 8 bridgehead atoms. The Morgan fingerprint density at radius 3 is 1.16 bits per heavy atom. The minimum absolute atomic E-state index is 0.0146. The number of phenolic OH excluding ortho intramolecular Hbond substituents is 2. The average molecular weight is 2010 g/mol. The first-order valence-corrected chi connectivity index (χ1v) is 57.2. The van der Waals surface area contributed by atoms with Crippen LogP contribution < -0.4 is 18.9 Å². The van der Waals surface area contributed by atoms with Gasteiger partial charge >= 0.3 is 5.97 Å². The molecule has 12 aromatic carbocycles. The predicted molar refractivity (Wildman–Crippen MR) is 597 cm³/mol. The molecule has 9 aliphatic rings. The van der Waals surface area contributed by atoms with Gasteiger partial charge < -0.3 is 47.9 Å². The van der Waals surface area contributed by atoms with Crippen LogP contribution in [0.25, 0.3) is 11.1 Å². The Kier molecular flexibility index (Phi) is 41.9. The van der Waals surface area contributed by atoms with Gasteiger partial charge in [0.05, 0.1) is 33.6 Å². The molecule has 0 amide bonds. The zero-order valence-corrected chi connectivity index (χ0v) is 91.5. The van der Waals surface area contributed by atoms with Gasteiger partial charge in [-0.3, -0.25) is 0 Å². The van der Waals surface area contributed by atoms with Gasteiger partial charge in [0.25, 0.3) is 0 Å². The van der Waals surface area contributed by atoms with Gasteiger partial charge in [-0.05, 0) is 376 Å². The molecule has 13 atom stereocenters. The molecule has 778 valence electrons. The van der Waals surface area contributed by atoms with E-state index in [0.717, 1.165) is 134 Å². The van der Waals surface area contributed by atoms with Crippen molar-refractivity contribution < 1.29 is 61.1 Å². The molecule has 12 aromatic rings. The van der Waals surface area contributed by atoms with Crippen LogP contribution in [0.15, 0.2) is 329 Å². The zero-order valence-electron chi connectivity index (χ0n) is 89.9. The van der Waals surface area contributed by atoms with Crippen molar-refractivity contribution >= 4 is 27.0 Å². The van der Waals surface area contributed by atoms with Crippen molar-refractivity contribution in [3.8, 4) is 45.6 Å². The van der Waals surface area contributed by atoms with Crippen molar-refractivity contribution in [1.82, 2.24) is 0 Å². The normalized spacial score (nSPS) is 20.4. The molecule has 146 heavy (non-hydrogen) atoms. The van der Waals surface area contributed by atoms with Crippen LogP contribution in [-0.2, 0) is 35.2 Å². The highest BCUT2D eigenvalue weighted by molar-refractivity contribution is 7.97. The standard InChI is InChI=1S/C33H40O2.C27H38O2.C18H15S.C17H18O5S.C16H26O2.2C10H14O/c1-3-24(2)26-17-19-27(20-18-26)35-33(34-22-21-25-11-5-4-6-12-25)23-32-30-15-9-7-13-28(30)29-14-8-10-16-31(29)32;1-4-16(2)19-5-7-20(8-6-19)29-26(28-3)15-27-14-18-10-22-21-9-17(12-24(22)27)13-25(27)23(21)11-18;1-4-10-16(11-5-1)19(17-12-6-2-7-13-17)18-14-8-3-9-15-18;1-3-12(2)13-8-10-14(11-9-13)22-17(18)15-6-4-5-7-16(15)23(19,20)21;1-7-12(2)14-8-10-15(11-9-14)17-13(3)18-16(4,5)6;2*1-3-8(2)9-4-6-10(11)7-5-9/h7-10,13-20,24-25,32-33H,3-6,11-12,21-23H2,1-2H3;5-8,16-18,21-26H,4,9-15H2,1-3H3;1-15H;4-12H,3H2,1-2H3,(H,19,20,21);8-13H,7H2,1-6H3;2*4-8,11H,3H2,1-2H3/q;;+1;;;;/p-1. The van der Waals surface area contributed by atoms with E-state index in [2.05, 4.69) is 283 Å². The van der Waals surface area contributed by atoms with Crippen LogP contribution in [0.5, 0.6) is 34.5 Å². The summed E-state index contributed by atoms with van der Waals surface area (Å²) >= 11 is 0. The van der Waals surface area contributed by atoms with Crippen LogP contribution in [0, 0.1) is 52.8 Å². The van der Waals surface area contributed by atoms with Gasteiger partial charge in [-0.15, -0.1) is 0 Å². The lowest BCUT2D eigenvalue weighted by atomic mass is 9.30. The molecule has 13 unspecified atom stereocenters. The van der Waals surface area contributed by atoms with Crippen molar-refractivity contribution in [1.29, 1.82) is 0 Å². The Labute approximate surface area is 878 Å². The van der Waals surface area contributed by atoms with Gasteiger partial charge in [0.2, 0.25) is 6.29 Å². The van der Waals surface area contributed by atoms with Crippen LogP contribution in [0.3, 0.4) is 0 Å². The number of carbonyl (C=O) groups excluding carboxylic acids is 1. The molecule has 9 aliphatic carbocycles. The molecule has 2 N–H and O–H groups in total. The van der Waals surface area contributed by atoms with E-state index in [1.165, 1.54) is 141 Å². The molecule has 8 saturated carbocycles. The highest BCUT2D eigenvalue weighted by Crippen LogP contribution is 2.77. The SMILES string of the molecule is CCC(C)c1ccc(O)cc1.CCC(C)c1ccc(O)cc1.CCC(C)c1ccc(OC(=O)c2ccccc2S(=O)(=O)[O-])cc1.CCC(C)c1ccc(OC(C)OC(C)(C)C)cc1.CCC(C)c1ccc(OC(CC23CC4CC5C6CC(CC52)CC3C6C4)OC)cc1.CCC(C)c1ccc(OC(CC2c3ccccc3-c3ccccc32)OCCC2CCCCC2)cc1.c1ccc([S+](c2ccccc2)c2ccccc2)cc1.